The summed E-state index contributed by atoms with van der Waals surface area (Å²) in [6, 6.07) is 0. The van der Waals surface area contributed by atoms with Crippen LogP contribution in [-0.4, -0.2) is 47.7 Å². The molecule has 1 N–H and O–H groups in total. The van der Waals surface area contributed by atoms with Crippen LogP contribution < -0.4 is 0 Å². The molecule has 1 unspecified atom stereocenters. The number of carbonyl (C=O) groups excluding carboxylic acids is 1. The summed E-state index contributed by atoms with van der Waals surface area (Å²) in [6.45, 7) is 5.52. The lowest BCUT2D eigenvalue weighted by atomic mass is 9.76. The van der Waals surface area contributed by atoms with Gasteiger partial charge in [0.05, 0.1) is 13.2 Å². The van der Waals surface area contributed by atoms with Crippen molar-refractivity contribution in [2.24, 2.45) is 17.8 Å². The smallest absolute Gasteiger partial charge is 0.334 e. The van der Waals surface area contributed by atoms with E-state index in [0.717, 1.165) is 31.6 Å². The monoisotopic (exact) mass is 283 g/mol. The highest BCUT2D eigenvalue weighted by molar-refractivity contribution is 5.80. The zero-order valence-corrected chi connectivity index (χ0v) is 12.4. The lowest BCUT2D eigenvalue weighted by molar-refractivity contribution is -0.161. The van der Waals surface area contributed by atoms with Gasteiger partial charge in [-0.05, 0) is 37.5 Å². The van der Waals surface area contributed by atoms with E-state index in [9.17, 15) is 9.59 Å². The maximum absolute atomic E-state index is 12.5. The molecule has 5 nitrogen and oxygen atoms in total. The minimum atomic E-state index is -0.981. The Morgan fingerprint density at radius 1 is 1.20 bits per heavy atom. The molecule has 1 saturated carbocycles. The van der Waals surface area contributed by atoms with E-state index in [2.05, 4.69) is 13.8 Å². The highest BCUT2D eigenvalue weighted by Gasteiger charge is 2.34. The van der Waals surface area contributed by atoms with E-state index in [4.69, 9.17) is 9.84 Å². The minimum Gasteiger partial charge on any atom is -0.479 e. The molecule has 1 amide bonds. The first-order valence-electron chi connectivity index (χ1n) is 7.62. The van der Waals surface area contributed by atoms with Gasteiger partial charge in [-0.3, -0.25) is 4.79 Å². The Labute approximate surface area is 120 Å². The fraction of sp³-hybridized carbons (Fsp3) is 0.867. The number of nitrogens with zero attached hydrogens (tertiary/aromatic N) is 1. The van der Waals surface area contributed by atoms with Crippen LogP contribution in [0.2, 0.25) is 0 Å². The van der Waals surface area contributed by atoms with Gasteiger partial charge >= 0.3 is 5.97 Å². The summed E-state index contributed by atoms with van der Waals surface area (Å²) in [5.41, 5.74) is 0. The van der Waals surface area contributed by atoms with Crippen molar-refractivity contribution in [3.8, 4) is 0 Å². The number of hydrogen-bond donors (Lipinski definition) is 1. The van der Waals surface area contributed by atoms with Gasteiger partial charge in [0.1, 0.15) is 0 Å². The Morgan fingerprint density at radius 3 is 2.40 bits per heavy atom. The first kappa shape index (κ1) is 15.3. The van der Waals surface area contributed by atoms with E-state index in [0.29, 0.717) is 19.1 Å². The van der Waals surface area contributed by atoms with Crippen LogP contribution in [0.25, 0.3) is 0 Å². The number of carboxylic acids is 1. The summed E-state index contributed by atoms with van der Waals surface area (Å²) in [7, 11) is 0. The summed E-state index contributed by atoms with van der Waals surface area (Å²) in [6.07, 6.45) is 3.24. The molecule has 0 aromatic carbocycles. The van der Waals surface area contributed by atoms with Crippen LogP contribution in [0.4, 0.5) is 0 Å². The maximum Gasteiger partial charge on any atom is 0.334 e. The van der Waals surface area contributed by atoms with Gasteiger partial charge in [-0.1, -0.05) is 13.8 Å². The van der Waals surface area contributed by atoms with Crippen LogP contribution in [0.15, 0.2) is 0 Å². The van der Waals surface area contributed by atoms with Crippen molar-refractivity contribution in [1.29, 1.82) is 0 Å². The number of carboxylic acid groups (broad SMARTS) is 1. The lowest BCUT2D eigenvalue weighted by Gasteiger charge is -2.36. The topological polar surface area (TPSA) is 66.8 Å². The Bertz CT molecular complexity index is 361. The largest absolute Gasteiger partial charge is 0.479 e. The van der Waals surface area contributed by atoms with Crippen molar-refractivity contribution in [2.45, 2.75) is 45.6 Å². The number of ether oxygens (including phenoxy) is 1. The number of aliphatic carboxylic acids is 1. The average molecular weight is 283 g/mol. The lowest BCUT2D eigenvalue weighted by Crippen LogP contribution is -2.50. The van der Waals surface area contributed by atoms with Crippen LogP contribution in [0, 0.1) is 17.8 Å². The summed E-state index contributed by atoms with van der Waals surface area (Å²) in [5.74, 6) is 0.645. The van der Waals surface area contributed by atoms with Crippen LogP contribution in [0.5, 0.6) is 0 Å². The maximum atomic E-state index is 12.5. The fourth-order valence-electron chi connectivity index (χ4n) is 3.29. The molecule has 1 heterocycles. The molecule has 0 radical (unpaired) electrons. The molecular weight excluding hydrogens is 258 g/mol. The van der Waals surface area contributed by atoms with Crippen molar-refractivity contribution in [2.75, 3.05) is 19.7 Å². The molecule has 0 aromatic heterocycles. The molecule has 0 bridgehead atoms. The number of hydrogen-bond acceptors (Lipinski definition) is 3. The van der Waals surface area contributed by atoms with Crippen molar-refractivity contribution in [1.82, 2.24) is 4.90 Å². The SMILES string of the molecule is CC(C)C1CCC(C(=O)N2CCOC(C(=O)O)C2)CC1. The first-order chi connectivity index (χ1) is 9.49. The van der Waals surface area contributed by atoms with E-state index in [-0.39, 0.29) is 18.4 Å². The Balaban J connectivity index is 1.87. The molecule has 2 rings (SSSR count). The normalized spacial score (nSPS) is 31.4. The highest BCUT2D eigenvalue weighted by atomic mass is 16.5. The van der Waals surface area contributed by atoms with Gasteiger partial charge in [-0.15, -0.1) is 0 Å². The molecule has 0 aromatic rings. The van der Waals surface area contributed by atoms with Gasteiger partial charge in [-0.2, -0.15) is 0 Å². The molecule has 114 valence electrons. The Morgan fingerprint density at radius 2 is 1.85 bits per heavy atom. The number of morpholine rings is 1. The molecule has 0 spiro atoms. The predicted octanol–water partition coefficient (Wildman–Crippen LogP) is 1.76. The van der Waals surface area contributed by atoms with E-state index < -0.39 is 12.1 Å². The molecular formula is C15H25NO4. The molecule has 1 saturated heterocycles. The summed E-state index contributed by atoms with van der Waals surface area (Å²) < 4.78 is 5.16. The second-order valence-corrected chi connectivity index (χ2v) is 6.34. The zero-order valence-electron chi connectivity index (χ0n) is 12.4. The first-order valence-corrected chi connectivity index (χ1v) is 7.62. The van der Waals surface area contributed by atoms with Gasteiger partial charge < -0.3 is 14.7 Å². The average Bonchev–Trinajstić information content (AvgIpc) is 2.46. The molecule has 2 fully saturated rings. The van der Waals surface area contributed by atoms with Gasteiger partial charge in [0.25, 0.3) is 0 Å². The highest BCUT2D eigenvalue weighted by Crippen LogP contribution is 2.34. The molecule has 1 aliphatic heterocycles. The molecule has 5 heteroatoms. The Kier molecular flexibility index (Phi) is 5.02. The van der Waals surface area contributed by atoms with Crippen LogP contribution in [0.3, 0.4) is 0 Å². The fourth-order valence-corrected chi connectivity index (χ4v) is 3.29. The molecule has 1 aliphatic carbocycles. The third-order valence-corrected chi connectivity index (χ3v) is 4.72. The van der Waals surface area contributed by atoms with Gasteiger partial charge in [0.2, 0.25) is 5.91 Å². The van der Waals surface area contributed by atoms with E-state index in [1.165, 1.54) is 0 Å². The van der Waals surface area contributed by atoms with Crippen molar-refractivity contribution in [3.05, 3.63) is 0 Å². The summed E-state index contributed by atoms with van der Waals surface area (Å²) >= 11 is 0. The van der Waals surface area contributed by atoms with E-state index in [1.54, 1.807) is 4.90 Å². The zero-order chi connectivity index (χ0) is 14.7. The van der Waals surface area contributed by atoms with Gasteiger partial charge in [0, 0.05) is 12.5 Å². The van der Waals surface area contributed by atoms with Gasteiger partial charge in [0.15, 0.2) is 6.10 Å². The summed E-state index contributed by atoms with van der Waals surface area (Å²) in [5, 5.41) is 8.98. The minimum absolute atomic E-state index is 0.0811. The molecule has 2 aliphatic rings. The van der Waals surface area contributed by atoms with Crippen molar-refractivity contribution >= 4 is 11.9 Å². The molecule has 20 heavy (non-hydrogen) atoms. The second-order valence-electron chi connectivity index (χ2n) is 6.34. The predicted molar refractivity (Wildman–Crippen MR) is 74.2 cm³/mol. The summed E-state index contributed by atoms with van der Waals surface area (Å²) in [4.78, 5) is 25.1. The standard InChI is InChI=1S/C15H25NO4/c1-10(2)11-3-5-12(6-4-11)14(17)16-7-8-20-13(9-16)15(18)19/h10-13H,3-9H2,1-2H3,(H,18,19). The number of rotatable bonds is 3. The molecule has 1 atom stereocenters. The van der Waals surface area contributed by atoms with Crippen LogP contribution >= 0.6 is 0 Å². The third kappa shape index (κ3) is 3.51. The number of amides is 1. The second kappa shape index (κ2) is 6.57. The third-order valence-electron chi connectivity index (χ3n) is 4.72. The quantitative estimate of drug-likeness (QED) is 0.857. The van der Waals surface area contributed by atoms with Crippen LogP contribution in [0.1, 0.15) is 39.5 Å². The van der Waals surface area contributed by atoms with Crippen molar-refractivity contribution in [3.63, 3.8) is 0 Å². The van der Waals surface area contributed by atoms with Gasteiger partial charge in [-0.25, -0.2) is 4.79 Å². The number of carbonyl (C=O) groups is 2. The van der Waals surface area contributed by atoms with E-state index >= 15 is 0 Å². The van der Waals surface area contributed by atoms with Crippen LogP contribution in [-0.2, 0) is 14.3 Å². The Hall–Kier alpha value is -1.10. The van der Waals surface area contributed by atoms with Crippen molar-refractivity contribution < 1.29 is 19.4 Å². The van der Waals surface area contributed by atoms with E-state index in [1.807, 2.05) is 0 Å².